The Morgan fingerprint density at radius 1 is 1.40 bits per heavy atom. The van der Waals surface area contributed by atoms with Crippen LogP contribution in [0.2, 0.25) is 0 Å². The minimum Gasteiger partial charge on any atom is -0.308 e. The minimum absolute atomic E-state index is 0.547. The van der Waals surface area contributed by atoms with Gasteiger partial charge in [0.05, 0.1) is 11.6 Å². The highest BCUT2D eigenvalue weighted by molar-refractivity contribution is 6.36. The molecule has 0 bridgehead atoms. The monoisotopic (exact) mass is 240 g/mol. The molecule has 4 heteroatoms. The van der Waals surface area contributed by atoms with Crippen molar-refractivity contribution in [1.82, 2.24) is 5.32 Å². The standard InChI is InChI=1S/C11H10Cl2N2/c12-5-11(13)8-15-7-10-3-1-9(6-14)2-4-10/h1-5,15H,7-8H2. The Balaban J connectivity index is 2.42. The fourth-order valence-electron chi connectivity index (χ4n) is 1.06. The van der Waals surface area contributed by atoms with Gasteiger partial charge in [0.1, 0.15) is 0 Å². The van der Waals surface area contributed by atoms with Gasteiger partial charge in [0.15, 0.2) is 0 Å². The van der Waals surface area contributed by atoms with Gasteiger partial charge in [-0.3, -0.25) is 0 Å². The molecule has 1 N–H and O–H groups in total. The van der Waals surface area contributed by atoms with Gasteiger partial charge in [0, 0.05) is 23.7 Å². The van der Waals surface area contributed by atoms with E-state index in [1.807, 2.05) is 12.1 Å². The summed E-state index contributed by atoms with van der Waals surface area (Å²) in [4.78, 5) is 0. The van der Waals surface area contributed by atoms with Crippen molar-refractivity contribution < 1.29 is 0 Å². The Morgan fingerprint density at radius 2 is 2.07 bits per heavy atom. The van der Waals surface area contributed by atoms with Crippen LogP contribution in [0.3, 0.4) is 0 Å². The Hall–Kier alpha value is -1.01. The molecule has 15 heavy (non-hydrogen) atoms. The first-order chi connectivity index (χ1) is 7.26. The van der Waals surface area contributed by atoms with Crippen LogP contribution < -0.4 is 5.32 Å². The average molecular weight is 241 g/mol. The first-order valence-electron chi connectivity index (χ1n) is 4.41. The second kappa shape index (κ2) is 6.47. The van der Waals surface area contributed by atoms with E-state index in [1.54, 1.807) is 12.1 Å². The highest BCUT2D eigenvalue weighted by Crippen LogP contribution is 2.04. The van der Waals surface area contributed by atoms with Crippen LogP contribution in [0.25, 0.3) is 0 Å². The maximum Gasteiger partial charge on any atom is 0.0991 e. The van der Waals surface area contributed by atoms with Gasteiger partial charge >= 0.3 is 0 Å². The minimum atomic E-state index is 0.547. The summed E-state index contributed by atoms with van der Waals surface area (Å²) in [6, 6.07) is 9.46. The zero-order valence-corrected chi connectivity index (χ0v) is 9.52. The lowest BCUT2D eigenvalue weighted by Crippen LogP contribution is -2.14. The Bertz CT molecular complexity index is 377. The molecule has 0 atom stereocenters. The Morgan fingerprint density at radius 3 is 2.60 bits per heavy atom. The molecule has 0 heterocycles. The van der Waals surface area contributed by atoms with Gasteiger partial charge < -0.3 is 5.32 Å². The number of nitrogens with one attached hydrogen (secondary N) is 1. The van der Waals surface area contributed by atoms with Crippen molar-refractivity contribution in [3.8, 4) is 6.07 Å². The van der Waals surface area contributed by atoms with E-state index < -0.39 is 0 Å². The van der Waals surface area contributed by atoms with Crippen LogP contribution >= 0.6 is 23.2 Å². The number of hydrogen-bond acceptors (Lipinski definition) is 2. The second-order valence-electron chi connectivity index (χ2n) is 2.97. The van der Waals surface area contributed by atoms with Crippen molar-refractivity contribution in [1.29, 1.82) is 5.26 Å². The largest absolute Gasteiger partial charge is 0.308 e. The molecule has 1 aromatic carbocycles. The van der Waals surface area contributed by atoms with Gasteiger partial charge in [-0.15, -0.1) is 0 Å². The maximum absolute atomic E-state index is 8.60. The predicted molar refractivity (Wildman–Crippen MR) is 62.7 cm³/mol. The molecule has 0 aliphatic rings. The van der Waals surface area contributed by atoms with Crippen LogP contribution in [0.4, 0.5) is 0 Å². The highest BCUT2D eigenvalue weighted by atomic mass is 35.5. The van der Waals surface area contributed by atoms with E-state index in [4.69, 9.17) is 28.5 Å². The van der Waals surface area contributed by atoms with Crippen molar-refractivity contribution in [2.24, 2.45) is 0 Å². The smallest absolute Gasteiger partial charge is 0.0991 e. The predicted octanol–water partition coefficient (Wildman–Crippen LogP) is 2.97. The summed E-state index contributed by atoms with van der Waals surface area (Å²) in [6.07, 6.45) is 0. The van der Waals surface area contributed by atoms with Crippen LogP contribution in [0.5, 0.6) is 0 Å². The SMILES string of the molecule is N#Cc1ccc(CNCC(Cl)=CCl)cc1. The molecule has 1 rings (SSSR count). The lowest BCUT2D eigenvalue weighted by Gasteiger charge is -2.03. The molecule has 0 saturated carbocycles. The highest BCUT2D eigenvalue weighted by Gasteiger charge is 1.95. The van der Waals surface area contributed by atoms with E-state index in [9.17, 15) is 0 Å². The Kier molecular flexibility index (Phi) is 5.20. The van der Waals surface area contributed by atoms with Gasteiger partial charge in [-0.2, -0.15) is 5.26 Å². The molecule has 0 spiro atoms. The zero-order valence-electron chi connectivity index (χ0n) is 8.00. The summed E-state index contributed by atoms with van der Waals surface area (Å²) in [5.74, 6) is 0. The molecule has 0 aliphatic carbocycles. The third-order valence-corrected chi connectivity index (χ3v) is 2.44. The summed E-state index contributed by atoms with van der Waals surface area (Å²) in [7, 11) is 0. The molecule has 1 aromatic rings. The number of halogens is 2. The third kappa shape index (κ3) is 4.35. The quantitative estimate of drug-likeness (QED) is 0.879. The van der Waals surface area contributed by atoms with Crippen LogP contribution in [0.1, 0.15) is 11.1 Å². The van der Waals surface area contributed by atoms with Crippen molar-refractivity contribution in [3.05, 3.63) is 46.0 Å². The first kappa shape index (κ1) is 12.1. The van der Waals surface area contributed by atoms with Crippen molar-refractivity contribution in [3.63, 3.8) is 0 Å². The lowest BCUT2D eigenvalue weighted by molar-refractivity contribution is 0.754. The topological polar surface area (TPSA) is 35.8 Å². The summed E-state index contributed by atoms with van der Waals surface area (Å²) in [6.45, 7) is 1.25. The summed E-state index contributed by atoms with van der Waals surface area (Å²) in [5.41, 5.74) is 3.11. The van der Waals surface area contributed by atoms with Gasteiger partial charge in [-0.25, -0.2) is 0 Å². The molecule has 0 radical (unpaired) electrons. The normalized spacial score (nSPS) is 11.1. The second-order valence-corrected chi connectivity index (χ2v) is 3.67. The van der Waals surface area contributed by atoms with E-state index in [1.165, 1.54) is 5.54 Å². The average Bonchev–Trinajstić information content (AvgIpc) is 2.29. The van der Waals surface area contributed by atoms with Gasteiger partial charge in [0.25, 0.3) is 0 Å². The van der Waals surface area contributed by atoms with Crippen molar-refractivity contribution in [2.75, 3.05) is 6.54 Å². The van der Waals surface area contributed by atoms with Gasteiger partial charge in [-0.1, -0.05) is 35.3 Å². The molecular formula is C11H10Cl2N2. The first-order valence-corrected chi connectivity index (χ1v) is 5.22. The van der Waals surface area contributed by atoms with Gasteiger partial charge in [-0.05, 0) is 17.7 Å². The van der Waals surface area contributed by atoms with Gasteiger partial charge in [0.2, 0.25) is 0 Å². The van der Waals surface area contributed by atoms with E-state index in [-0.39, 0.29) is 0 Å². The zero-order chi connectivity index (χ0) is 11.1. The van der Waals surface area contributed by atoms with Crippen LogP contribution in [0.15, 0.2) is 34.8 Å². The fourth-order valence-corrected chi connectivity index (χ4v) is 1.23. The van der Waals surface area contributed by atoms with E-state index in [0.29, 0.717) is 23.7 Å². The van der Waals surface area contributed by atoms with E-state index in [0.717, 1.165) is 5.56 Å². The van der Waals surface area contributed by atoms with E-state index >= 15 is 0 Å². The summed E-state index contributed by atoms with van der Waals surface area (Å²) >= 11 is 11.1. The Labute approximate surface area is 99.1 Å². The lowest BCUT2D eigenvalue weighted by atomic mass is 10.1. The number of benzene rings is 1. The molecular weight excluding hydrogens is 231 g/mol. The number of hydrogen-bond donors (Lipinski definition) is 1. The molecule has 78 valence electrons. The molecule has 0 fully saturated rings. The molecule has 0 aromatic heterocycles. The number of nitrogens with zero attached hydrogens (tertiary/aromatic N) is 1. The number of nitriles is 1. The molecule has 0 unspecified atom stereocenters. The number of rotatable bonds is 4. The molecule has 0 saturated heterocycles. The third-order valence-electron chi connectivity index (χ3n) is 1.82. The molecule has 0 amide bonds. The fraction of sp³-hybridized carbons (Fsp3) is 0.182. The molecule has 0 aliphatic heterocycles. The summed E-state index contributed by atoms with van der Waals surface area (Å²) in [5, 5.41) is 12.3. The van der Waals surface area contributed by atoms with Crippen LogP contribution in [-0.4, -0.2) is 6.54 Å². The van der Waals surface area contributed by atoms with Crippen molar-refractivity contribution in [2.45, 2.75) is 6.54 Å². The summed E-state index contributed by atoms with van der Waals surface area (Å²) < 4.78 is 0. The van der Waals surface area contributed by atoms with Crippen molar-refractivity contribution >= 4 is 23.2 Å². The molecule has 2 nitrogen and oxygen atoms in total. The maximum atomic E-state index is 8.60. The van der Waals surface area contributed by atoms with Crippen LogP contribution in [-0.2, 0) is 6.54 Å². The van der Waals surface area contributed by atoms with E-state index in [2.05, 4.69) is 11.4 Å². The van der Waals surface area contributed by atoms with Crippen LogP contribution in [0, 0.1) is 11.3 Å².